The van der Waals surface area contributed by atoms with Crippen LogP contribution in [-0.2, 0) is 0 Å². The second-order valence-corrected chi connectivity index (χ2v) is 9.61. The van der Waals surface area contributed by atoms with Crippen LogP contribution in [0.15, 0.2) is 36.8 Å². The summed E-state index contributed by atoms with van der Waals surface area (Å²) in [6.07, 6.45) is 0. The molecule has 0 amide bonds. The van der Waals surface area contributed by atoms with Crippen molar-refractivity contribution >= 4 is 39.1 Å². The van der Waals surface area contributed by atoms with Gasteiger partial charge in [-0.25, -0.2) is 56.3 Å². The molecule has 0 unspecified atom stereocenters. The van der Waals surface area contributed by atoms with Crippen LogP contribution in [0.4, 0.5) is 42.1 Å². The number of hydrogen-bond donors (Lipinski definition) is 0. The van der Waals surface area contributed by atoms with Crippen molar-refractivity contribution in [1.82, 2.24) is 24.9 Å². The zero-order chi connectivity index (χ0) is 34.2. The predicted octanol–water partition coefficient (Wildman–Crippen LogP) is 6.02. The Hall–Kier alpha value is -7.07. The highest BCUT2D eigenvalue weighted by Crippen LogP contribution is 2.34. The third kappa shape index (κ3) is 4.24. The van der Waals surface area contributed by atoms with Gasteiger partial charge in [-0.1, -0.05) is 0 Å². The lowest BCUT2D eigenvalue weighted by atomic mass is 10.2. The quantitative estimate of drug-likeness (QED) is 0.0738. The van der Waals surface area contributed by atoms with Crippen LogP contribution in [-0.4, -0.2) is 24.9 Å². The number of fused-ring (bicyclic) bond motifs is 3. The summed E-state index contributed by atoms with van der Waals surface area (Å²) >= 11 is 0. The topological polar surface area (TPSA) is 148 Å². The van der Waals surface area contributed by atoms with E-state index in [0.29, 0.717) is 0 Å². The molecule has 6 aromatic rings. The summed E-state index contributed by atoms with van der Waals surface area (Å²) in [4.78, 5) is 34.2. The van der Waals surface area contributed by atoms with Gasteiger partial charge in [-0.15, -0.1) is 0 Å². The van der Waals surface area contributed by atoms with Crippen molar-refractivity contribution in [2.75, 3.05) is 0 Å². The summed E-state index contributed by atoms with van der Waals surface area (Å²) in [6, 6.07) is 4.24. The first-order chi connectivity index (χ1) is 22.9. The SMILES string of the molecule is [C-]#[N+]c1cc2c(cc1[N+]#[C-])=NC(=C(C#N)c1nc(-c3nc4c(F)c(F)c(C)c(F)c4o3)nc(-c3nc4c(F)c(F)c(F)c(F)c4o3)n1)N=2. The van der Waals surface area contributed by atoms with E-state index in [-0.39, 0.29) is 27.9 Å². The molecule has 0 spiro atoms. The Bertz CT molecular complexity index is 2510. The van der Waals surface area contributed by atoms with Crippen molar-refractivity contribution in [2.24, 2.45) is 9.98 Å². The average molecular weight is 658 g/mol. The molecule has 7 rings (SSSR count). The Morgan fingerprint density at radius 3 is 1.65 bits per heavy atom. The molecule has 0 atom stereocenters. The van der Waals surface area contributed by atoms with E-state index in [1.165, 1.54) is 12.1 Å². The van der Waals surface area contributed by atoms with Gasteiger partial charge in [-0.05, 0) is 19.1 Å². The third-order valence-electron chi connectivity index (χ3n) is 6.84. The first-order valence-corrected chi connectivity index (χ1v) is 12.8. The Morgan fingerprint density at radius 1 is 0.667 bits per heavy atom. The van der Waals surface area contributed by atoms with Gasteiger partial charge in [-0.3, -0.25) is 9.69 Å². The molecule has 0 bridgehead atoms. The zero-order valence-electron chi connectivity index (χ0n) is 23.1. The van der Waals surface area contributed by atoms with E-state index in [4.69, 9.17) is 22.0 Å². The molecule has 3 aromatic heterocycles. The van der Waals surface area contributed by atoms with Crippen LogP contribution < -0.4 is 10.7 Å². The van der Waals surface area contributed by atoms with Crippen LogP contribution in [0.25, 0.3) is 60.9 Å². The van der Waals surface area contributed by atoms with Crippen LogP contribution in [0.2, 0.25) is 0 Å². The molecule has 0 saturated carbocycles. The molecular formula is C29H5F7N10O2. The van der Waals surface area contributed by atoms with E-state index in [1.807, 2.05) is 0 Å². The fourth-order valence-corrected chi connectivity index (χ4v) is 4.52. The second kappa shape index (κ2) is 10.5. The largest absolute Gasteiger partial charge is 0.430 e. The molecule has 3 aromatic carbocycles. The maximum absolute atomic E-state index is 14.8. The lowest BCUT2D eigenvalue weighted by Gasteiger charge is -2.03. The molecule has 1 aliphatic heterocycles. The minimum absolute atomic E-state index is 0.0578. The van der Waals surface area contributed by atoms with Gasteiger partial charge in [0.1, 0.15) is 11.6 Å². The Kier molecular flexibility index (Phi) is 6.48. The molecule has 0 saturated heterocycles. The minimum Gasteiger partial charge on any atom is -0.430 e. The lowest BCUT2D eigenvalue weighted by Crippen LogP contribution is -2.20. The molecular weight excluding hydrogens is 653 g/mol. The first-order valence-electron chi connectivity index (χ1n) is 12.8. The average Bonchev–Trinajstić information content (AvgIpc) is 3.85. The van der Waals surface area contributed by atoms with Crippen molar-refractivity contribution in [3.05, 3.63) is 104 Å². The van der Waals surface area contributed by atoms with Crippen LogP contribution >= 0.6 is 0 Å². The van der Waals surface area contributed by atoms with Crippen molar-refractivity contribution in [3.8, 4) is 29.5 Å². The summed E-state index contributed by atoms with van der Waals surface area (Å²) in [7, 11) is 0. The Morgan fingerprint density at radius 2 is 1.15 bits per heavy atom. The van der Waals surface area contributed by atoms with Crippen LogP contribution in [0, 0.1) is 72.1 Å². The summed E-state index contributed by atoms with van der Waals surface area (Å²) in [5, 5.41) is 10.3. The van der Waals surface area contributed by atoms with Crippen LogP contribution in [0.3, 0.4) is 0 Å². The van der Waals surface area contributed by atoms with Crippen LogP contribution in [0.1, 0.15) is 11.4 Å². The highest BCUT2D eigenvalue weighted by atomic mass is 19.2. The standard InChI is InChI=1S/C29H5F7N10O2/c1-7-13(30)17(34)20-22(14(7)31)47-28(42-20)26-44-25(8(6-37)24-40-11-4-9(38-2)10(39-3)5-12(11)41-24)45-27(46-26)29-43-21-18(35)15(32)16(33)19(36)23(21)48-29/h4-5H,1H3. The monoisotopic (exact) mass is 658 g/mol. The van der Waals surface area contributed by atoms with E-state index in [0.717, 1.165) is 6.92 Å². The van der Waals surface area contributed by atoms with Gasteiger partial charge in [0.25, 0.3) is 11.8 Å². The van der Waals surface area contributed by atoms with Crippen LogP contribution in [0.5, 0.6) is 0 Å². The maximum atomic E-state index is 14.8. The number of nitriles is 1. The van der Waals surface area contributed by atoms with E-state index in [2.05, 4.69) is 44.6 Å². The smallest absolute Gasteiger partial charge is 0.266 e. The molecule has 0 aliphatic carbocycles. The lowest BCUT2D eigenvalue weighted by molar-refractivity contribution is 0.410. The van der Waals surface area contributed by atoms with E-state index >= 15 is 0 Å². The van der Waals surface area contributed by atoms with Gasteiger partial charge < -0.3 is 8.83 Å². The second-order valence-electron chi connectivity index (χ2n) is 9.61. The van der Waals surface area contributed by atoms with Crippen molar-refractivity contribution in [2.45, 2.75) is 6.92 Å². The van der Waals surface area contributed by atoms with Gasteiger partial charge in [0, 0.05) is 5.56 Å². The molecule has 19 heteroatoms. The molecule has 0 fully saturated rings. The number of rotatable bonds is 3. The highest BCUT2D eigenvalue weighted by molar-refractivity contribution is 5.81. The summed E-state index contributed by atoms with van der Waals surface area (Å²) < 4.78 is 111. The van der Waals surface area contributed by atoms with Gasteiger partial charge in [0.05, 0.1) is 23.9 Å². The molecule has 1 aliphatic rings. The van der Waals surface area contributed by atoms with E-state index in [9.17, 15) is 36.0 Å². The summed E-state index contributed by atoms with van der Waals surface area (Å²) in [6.45, 7) is 15.5. The Labute approximate surface area is 259 Å². The number of allylic oxidation sites excluding steroid dienone is 1. The van der Waals surface area contributed by atoms with Gasteiger partial charge in [-0.2, -0.15) is 14.6 Å². The third-order valence-corrected chi connectivity index (χ3v) is 6.84. The molecule has 0 radical (unpaired) electrons. The highest BCUT2D eigenvalue weighted by Gasteiger charge is 2.29. The van der Waals surface area contributed by atoms with Crippen molar-refractivity contribution in [1.29, 1.82) is 5.26 Å². The minimum atomic E-state index is -2.21. The number of aromatic nitrogens is 5. The van der Waals surface area contributed by atoms with Gasteiger partial charge >= 0.3 is 0 Å². The molecule has 4 heterocycles. The number of oxazole rings is 2. The fourth-order valence-electron chi connectivity index (χ4n) is 4.52. The number of hydrogen-bond acceptors (Lipinski definition) is 10. The number of halogens is 7. The Balaban J connectivity index is 1.51. The first kappa shape index (κ1) is 29.6. The fraction of sp³-hybridized carbons (Fsp3) is 0.0345. The van der Waals surface area contributed by atoms with E-state index in [1.54, 1.807) is 6.07 Å². The summed E-state index contributed by atoms with van der Waals surface area (Å²) in [5.74, 6) is -16.9. The maximum Gasteiger partial charge on any atom is 0.266 e. The number of nitrogens with zero attached hydrogens (tertiary/aromatic N) is 10. The number of benzene rings is 3. The molecule has 0 N–H and O–H groups in total. The van der Waals surface area contributed by atoms with Gasteiger partial charge in [0.15, 0.2) is 74.3 Å². The molecule has 48 heavy (non-hydrogen) atoms. The van der Waals surface area contributed by atoms with Crippen molar-refractivity contribution < 1.29 is 39.6 Å². The normalized spacial score (nSPS) is 12.0. The van der Waals surface area contributed by atoms with E-state index < -0.39 is 103 Å². The molecule has 12 nitrogen and oxygen atoms in total. The molecule has 232 valence electrons. The summed E-state index contributed by atoms with van der Waals surface area (Å²) in [5.41, 5.74) is -5.43. The van der Waals surface area contributed by atoms with Crippen molar-refractivity contribution in [3.63, 3.8) is 0 Å². The zero-order valence-corrected chi connectivity index (χ0v) is 23.1. The predicted molar refractivity (Wildman–Crippen MR) is 144 cm³/mol. The van der Waals surface area contributed by atoms with Gasteiger partial charge in [0.2, 0.25) is 23.3 Å².